The first-order valence-electron chi connectivity index (χ1n) is 11.3. The standard InChI is InChI=1S/C25H29F3N4O2/c1-17-11-19(13-21(12-17)25(26,27)28)18(2)34-15-24(20-7-5-4-6-8-20)10-9-23(3,14-29-24)32-16-30-31-22(32)33/h4-8,11-13,16,18,29H,9-10,14-15H2,1-3H3,(H,31,33)/t18-,23+,24-/m1/s1. The first-order chi connectivity index (χ1) is 16.0. The van der Waals surface area contributed by atoms with Crippen LogP contribution in [0.25, 0.3) is 0 Å². The van der Waals surface area contributed by atoms with Crippen molar-refractivity contribution in [1.29, 1.82) is 0 Å². The molecule has 34 heavy (non-hydrogen) atoms. The van der Waals surface area contributed by atoms with Crippen LogP contribution >= 0.6 is 0 Å². The number of alkyl halides is 3. The summed E-state index contributed by atoms with van der Waals surface area (Å²) in [5, 5.41) is 9.90. The van der Waals surface area contributed by atoms with E-state index >= 15 is 0 Å². The van der Waals surface area contributed by atoms with E-state index in [2.05, 4.69) is 15.5 Å². The van der Waals surface area contributed by atoms with E-state index in [-0.39, 0.29) is 12.3 Å². The third-order valence-electron chi connectivity index (χ3n) is 6.83. The number of hydrogen-bond acceptors (Lipinski definition) is 4. The molecule has 1 aromatic heterocycles. The fourth-order valence-corrected chi connectivity index (χ4v) is 4.64. The van der Waals surface area contributed by atoms with Gasteiger partial charge in [-0.2, -0.15) is 18.3 Å². The van der Waals surface area contributed by atoms with E-state index in [9.17, 15) is 18.0 Å². The zero-order chi connectivity index (χ0) is 24.6. The highest BCUT2D eigenvalue weighted by atomic mass is 19.4. The minimum Gasteiger partial charge on any atom is -0.372 e. The highest BCUT2D eigenvalue weighted by molar-refractivity contribution is 5.32. The predicted molar refractivity (Wildman–Crippen MR) is 122 cm³/mol. The molecule has 2 aromatic carbocycles. The number of aryl methyl sites for hydroxylation is 1. The maximum absolute atomic E-state index is 13.3. The summed E-state index contributed by atoms with van der Waals surface area (Å²) in [5.41, 5.74) is 0.111. The fraction of sp³-hybridized carbons (Fsp3) is 0.440. The number of rotatable bonds is 6. The van der Waals surface area contributed by atoms with Crippen LogP contribution < -0.4 is 11.0 Å². The molecule has 6 nitrogen and oxygen atoms in total. The van der Waals surface area contributed by atoms with Gasteiger partial charge in [0.1, 0.15) is 6.33 Å². The summed E-state index contributed by atoms with van der Waals surface area (Å²) in [7, 11) is 0. The molecule has 0 unspecified atom stereocenters. The van der Waals surface area contributed by atoms with Crippen molar-refractivity contribution in [1.82, 2.24) is 20.1 Å². The SMILES string of the molecule is Cc1cc([C@@H](C)OC[C@@]2(c3ccccc3)CC[C@](C)(n3cn[nH]c3=O)CN2)cc(C(F)(F)F)c1. The average molecular weight is 475 g/mol. The van der Waals surface area contributed by atoms with Crippen molar-refractivity contribution in [2.45, 2.75) is 57.0 Å². The van der Waals surface area contributed by atoms with Gasteiger partial charge in [-0.05, 0) is 56.9 Å². The van der Waals surface area contributed by atoms with E-state index in [1.165, 1.54) is 6.33 Å². The molecule has 0 radical (unpaired) electrons. The van der Waals surface area contributed by atoms with Crippen LogP contribution in [-0.2, 0) is 22.0 Å². The molecule has 1 aliphatic rings. The Morgan fingerprint density at radius 1 is 1.18 bits per heavy atom. The monoisotopic (exact) mass is 474 g/mol. The van der Waals surface area contributed by atoms with Crippen LogP contribution in [0.4, 0.5) is 13.2 Å². The number of aromatic amines is 1. The largest absolute Gasteiger partial charge is 0.416 e. The van der Waals surface area contributed by atoms with Gasteiger partial charge in [-0.15, -0.1) is 0 Å². The van der Waals surface area contributed by atoms with Gasteiger partial charge in [-0.1, -0.05) is 42.0 Å². The lowest BCUT2D eigenvalue weighted by Crippen LogP contribution is -2.59. The number of ether oxygens (including phenoxy) is 1. The van der Waals surface area contributed by atoms with Crippen LogP contribution in [0.1, 0.15) is 55.0 Å². The number of nitrogens with zero attached hydrogens (tertiary/aromatic N) is 2. The zero-order valence-electron chi connectivity index (χ0n) is 19.4. The molecule has 2 N–H and O–H groups in total. The van der Waals surface area contributed by atoms with Crippen molar-refractivity contribution < 1.29 is 17.9 Å². The highest BCUT2D eigenvalue weighted by Gasteiger charge is 2.43. The second-order valence-electron chi connectivity index (χ2n) is 9.41. The molecule has 1 aliphatic heterocycles. The number of hydrogen-bond donors (Lipinski definition) is 2. The smallest absolute Gasteiger partial charge is 0.372 e. The molecular weight excluding hydrogens is 445 g/mol. The summed E-state index contributed by atoms with van der Waals surface area (Å²) in [5.74, 6) is 0. The van der Waals surface area contributed by atoms with Crippen molar-refractivity contribution in [3.8, 4) is 0 Å². The minimum absolute atomic E-state index is 0.263. The predicted octanol–water partition coefficient (Wildman–Crippen LogP) is 4.67. The zero-order valence-corrected chi connectivity index (χ0v) is 19.4. The Morgan fingerprint density at radius 3 is 2.50 bits per heavy atom. The number of benzene rings is 2. The molecule has 3 atom stereocenters. The Hall–Kier alpha value is -2.91. The lowest BCUT2D eigenvalue weighted by Gasteiger charge is -2.46. The Balaban J connectivity index is 1.57. The van der Waals surface area contributed by atoms with E-state index in [4.69, 9.17) is 4.74 Å². The molecule has 182 valence electrons. The van der Waals surface area contributed by atoms with E-state index in [0.29, 0.717) is 30.5 Å². The Labute approximate surface area is 196 Å². The van der Waals surface area contributed by atoms with Crippen LogP contribution in [0.2, 0.25) is 0 Å². The maximum atomic E-state index is 13.3. The molecule has 0 bridgehead atoms. The van der Waals surface area contributed by atoms with Crippen LogP contribution in [-0.4, -0.2) is 27.9 Å². The fourth-order valence-electron chi connectivity index (χ4n) is 4.64. The number of halogens is 3. The number of piperidine rings is 1. The third-order valence-corrected chi connectivity index (χ3v) is 6.83. The third kappa shape index (κ3) is 4.81. The minimum atomic E-state index is -4.41. The summed E-state index contributed by atoms with van der Waals surface area (Å²) in [6.45, 7) is 6.19. The van der Waals surface area contributed by atoms with Crippen molar-refractivity contribution in [2.24, 2.45) is 0 Å². The second kappa shape index (κ2) is 9.03. The number of nitrogens with one attached hydrogen (secondary N) is 2. The molecule has 1 saturated heterocycles. The van der Waals surface area contributed by atoms with Gasteiger partial charge in [-0.3, -0.25) is 4.57 Å². The first-order valence-corrected chi connectivity index (χ1v) is 11.3. The van der Waals surface area contributed by atoms with E-state index < -0.39 is 28.9 Å². The number of aromatic nitrogens is 3. The summed E-state index contributed by atoms with van der Waals surface area (Å²) in [6.07, 6.45) is -2.08. The van der Waals surface area contributed by atoms with Crippen LogP contribution in [0, 0.1) is 6.92 Å². The Kier molecular flexibility index (Phi) is 6.44. The highest BCUT2D eigenvalue weighted by Crippen LogP contribution is 2.38. The van der Waals surface area contributed by atoms with Gasteiger partial charge in [0.25, 0.3) is 0 Å². The van der Waals surface area contributed by atoms with Gasteiger partial charge in [0.15, 0.2) is 0 Å². The summed E-state index contributed by atoms with van der Waals surface area (Å²) in [6, 6.07) is 13.9. The summed E-state index contributed by atoms with van der Waals surface area (Å²) < 4.78 is 47.7. The van der Waals surface area contributed by atoms with Crippen LogP contribution in [0.5, 0.6) is 0 Å². The quantitative estimate of drug-likeness (QED) is 0.545. The molecule has 0 aliphatic carbocycles. The number of H-pyrrole nitrogens is 1. The topological polar surface area (TPSA) is 71.9 Å². The second-order valence-corrected chi connectivity index (χ2v) is 9.41. The molecule has 3 aromatic rings. The molecule has 0 spiro atoms. The van der Waals surface area contributed by atoms with Crippen molar-refractivity contribution in [3.63, 3.8) is 0 Å². The molecule has 9 heteroatoms. The van der Waals surface area contributed by atoms with E-state index in [0.717, 1.165) is 17.7 Å². The lowest BCUT2D eigenvalue weighted by molar-refractivity contribution is -0.137. The molecular formula is C25H29F3N4O2. The summed E-state index contributed by atoms with van der Waals surface area (Å²) in [4.78, 5) is 12.2. The van der Waals surface area contributed by atoms with Gasteiger partial charge in [0.2, 0.25) is 0 Å². The van der Waals surface area contributed by atoms with Gasteiger partial charge < -0.3 is 10.1 Å². The average Bonchev–Trinajstić information content (AvgIpc) is 3.25. The van der Waals surface area contributed by atoms with Gasteiger partial charge in [-0.25, -0.2) is 9.89 Å². The van der Waals surface area contributed by atoms with Crippen molar-refractivity contribution in [3.05, 3.63) is 87.6 Å². The van der Waals surface area contributed by atoms with Gasteiger partial charge in [0.05, 0.1) is 29.4 Å². The molecule has 1 fully saturated rings. The van der Waals surface area contributed by atoms with Gasteiger partial charge >= 0.3 is 11.9 Å². The Morgan fingerprint density at radius 2 is 1.91 bits per heavy atom. The van der Waals surface area contributed by atoms with Crippen LogP contribution in [0.15, 0.2) is 59.7 Å². The lowest BCUT2D eigenvalue weighted by atomic mass is 9.77. The molecule has 0 saturated carbocycles. The first kappa shape index (κ1) is 24.2. The molecule has 0 amide bonds. The van der Waals surface area contributed by atoms with Gasteiger partial charge in [0, 0.05) is 6.54 Å². The van der Waals surface area contributed by atoms with E-state index in [1.807, 2.05) is 37.3 Å². The normalized spacial score (nSPS) is 24.2. The van der Waals surface area contributed by atoms with Crippen LogP contribution in [0.3, 0.4) is 0 Å². The van der Waals surface area contributed by atoms with Crippen molar-refractivity contribution in [2.75, 3.05) is 13.2 Å². The summed E-state index contributed by atoms with van der Waals surface area (Å²) >= 11 is 0. The maximum Gasteiger partial charge on any atom is 0.416 e. The van der Waals surface area contributed by atoms with Crippen molar-refractivity contribution >= 4 is 0 Å². The molecule has 2 heterocycles. The Bertz CT molecular complexity index is 1180. The molecule has 4 rings (SSSR count). The van der Waals surface area contributed by atoms with E-state index in [1.54, 1.807) is 24.5 Å².